The van der Waals surface area contributed by atoms with Crippen molar-refractivity contribution in [1.82, 2.24) is 4.90 Å². The summed E-state index contributed by atoms with van der Waals surface area (Å²) in [5.41, 5.74) is 0.625. The predicted molar refractivity (Wildman–Crippen MR) is 78.9 cm³/mol. The molecule has 0 unspecified atom stereocenters. The van der Waals surface area contributed by atoms with Crippen molar-refractivity contribution >= 4 is 5.78 Å². The van der Waals surface area contributed by atoms with Crippen LogP contribution in [0.4, 0.5) is 4.39 Å². The third kappa shape index (κ3) is 3.69. The molecule has 0 bridgehead atoms. The molecule has 2 aliphatic heterocycles. The molecule has 0 aromatic heterocycles. The normalized spacial score (nSPS) is 26.9. The summed E-state index contributed by atoms with van der Waals surface area (Å²) >= 11 is 0. The van der Waals surface area contributed by atoms with Gasteiger partial charge in [0.25, 0.3) is 0 Å². The Morgan fingerprint density at radius 2 is 2.05 bits per heavy atom. The van der Waals surface area contributed by atoms with Crippen LogP contribution in [0.5, 0.6) is 0 Å². The molecule has 2 fully saturated rings. The van der Waals surface area contributed by atoms with Crippen molar-refractivity contribution in [3.8, 4) is 0 Å². The average Bonchev–Trinajstić information content (AvgIpc) is 3.00. The first-order valence-electron chi connectivity index (χ1n) is 7.86. The molecular weight excluding hydrogens is 269 g/mol. The van der Waals surface area contributed by atoms with Gasteiger partial charge in [0.15, 0.2) is 5.78 Å². The van der Waals surface area contributed by atoms with Gasteiger partial charge in [-0.2, -0.15) is 0 Å². The summed E-state index contributed by atoms with van der Waals surface area (Å²) in [6.45, 7) is 3.66. The summed E-state index contributed by atoms with van der Waals surface area (Å²) in [4.78, 5) is 14.9. The maximum atomic E-state index is 12.9. The molecule has 2 atom stereocenters. The number of nitrogens with zero attached hydrogens (tertiary/aromatic N) is 1. The molecule has 3 nitrogen and oxygen atoms in total. The Morgan fingerprint density at radius 1 is 1.24 bits per heavy atom. The second kappa shape index (κ2) is 6.67. The Kier molecular flexibility index (Phi) is 4.66. The van der Waals surface area contributed by atoms with Crippen molar-refractivity contribution in [1.29, 1.82) is 0 Å². The molecule has 0 saturated carbocycles. The first-order valence-corrected chi connectivity index (χ1v) is 7.86. The summed E-state index contributed by atoms with van der Waals surface area (Å²) in [5, 5.41) is 0. The number of likely N-dealkylation sites (tertiary alicyclic amines) is 1. The fourth-order valence-electron chi connectivity index (χ4n) is 3.36. The van der Waals surface area contributed by atoms with E-state index >= 15 is 0 Å². The lowest BCUT2D eigenvalue weighted by atomic mass is 9.90. The molecule has 0 N–H and O–H groups in total. The van der Waals surface area contributed by atoms with Crippen LogP contribution in [0.15, 0.2) is 24.3 Å². The number of piperidine rings is 1. The van der Waals surface area contributed by atoms with Crippen LogP contribution in [0.2, 0.25) is 0 Å². The van der Waals surface area contributed by atoms with Crippen molar-refractivity contribution in [2.75, 3.05) is 26.2 Å². The SMILES string of the molecule is O=C(c1ccc(F)cc1)[C@H]1CCCN(C[C@H]2CCCO2)C1. The standard InChI is InChI=1S/C17H22FNO2/c18-15-7-5-13(6-8-15)17(20)14-3-1-9-19(11-14)12-16-4-2-10-21-16/h5-8,14,16H,1-4,9-12H2/t14-,16+/m0/s1. The highest BCUT2D eigenvalue weighted by Gasteiger charge is 2.28. The summed E-state index contributed by atoms with van der Waals surface area (Å²) < 4.78 is 18.6. The highest BCUT2D eigenvalue weighted by molar-refractivity contribution is 5.98. The second-order valence-corrected chi connectivity index (χ2v) is 6.10. The lowest BCUT2D eigenvalue weighted by Crippen LogP contribution is -2.42. The van der Waals surface area contributed by atoms with Crippen molar-refractivity contribution in [2.24, 2.45) is 5.92 Å². The molecule has 0 radical (unpaired) electrons. The minimum atomic E-state index is -0.296. The summed E-state index contributed by atoms with van der Waals surface area (Å²) in [7, 11) is 0. The fraction of sp³-hybridized carbons (Fsp3) is 0.588. The van der Waals surface area contributed by atoms with E-state index in [0.29, 0.717) is 11.7 Å². The number of halogens is 1. The maximum absolute atomic E-state index is 12.9. The van der Waals surface area contributed by atoms with Gasteiger partial charge in [-0.3, -0.25) is 4.79 Å². The predicted octanol–water partition coefficient (Wildman–Crippen LogP) is 2.90. The number of ether oxygens (including phenoxy) is 1. The molecule has 2 aliphatic rings. The summed E-state index contributed by atoms with van der Waals surface area (Å²) in [6, 6.07) is 5.91. The van der Waals surface area contributed by atoms with Gasteiger partial charge in [-0.1, -0.05) is 0 Å². The molecule has 1 aromatic rings. The minimum Gasteiger partial charge on any atom is -0.377 e. The van der Waals surface area contributed by atoms with Crippen LogP contribution in [0.25, 0.3) is 0 Å². The Hall–Kier alpha value is -1.26. The number of Topliss-reactive ketones (excluding diaryl/α,β-unsaturated/α-hetero) is 1. The van der Waals surface area contributed by atoms with Gasteiger partial charge in [0.05, 0.1) is 6.10 Å². The van der Waals surface area contributed by atoms with Gasteiger partial charge >= 0.3 is 0 Å². The van der Waals surface area contributed by atoms with Gasteiger partial charge in [-0.15, -0.1) is 0 Å². The van der Waals surface area contributed by atoms with E-state index in [4.69, 9.17) is 4.74 Å². The van der Waals surface area contributed by atoms with Gasteiger partial charge in [0.2, 0.25) is 0 Å². The highest BCUT2D eigenvalue weighted by Crippen LogP contribution is 2.23. The van der Waals surface area contributed by atoms with Crippen molar-refractivity contribution in [3.63, 3.8) is 0 Å². The van der Waals surface area contributed by atoms with E-state index in [1.165, 1.54) is 12.1 Å². The molecular formula is C17H22FNO2. The molecule has 21 heavy (non-hydrogen) atoms. The van der Waals surface area contributed by atoms with Crippen molar-refractivity contribution in [3.05, 3.63) is 35.6 Å². The zero-order valence-corrected chi connectivity index (χ0v) is 12.3. The molecule has 2 heterocycles. The van der Waals surface area contributed by atoms with E-state index < -0.39 is 0 Å². The molecule has 0 aliphatic carbocycles. The third-order valence-corrected chi connectivity index (χ3v) is 4.49. The van der Waals surface area contributed by atoms with Crippen molar-refractivity contribution < 1.29 is 13.9 Å². The quantitative estimate of drug-likeness (QED) is 0.799. The van der Waals surface area contributed by atoms with E-state index in [1.807, 2.05) is 0 Å². The van der Waals surface area contributed by atoms with Crippen molar-refractivity contribution in [2.45, 2.75) is 31.8 Å². The lowest BCUT2D eigenvalue weighted by Gasteiger charge is -2.33. The van der Waals surface area contributed by atoms with E-state index in [1.54, 1.807) is 12.1 Å². The van der Waals surface area contributed by atoms with Gasteiger partial charge in [0.1, 0.15) is 5.82 Å². The number of ketones is 1. The fourth-order valence-corrected chi connectivity index (χ4v) is 3.36. The highest BCUT2D eigenvalue weighted by atomic mass is 19.1. The minimum absolute atomic E-state index is 0.0330. The molecule has 2 saturated heterocycles. The van der Waals surface area contributed by atoms with Gasteiger partial charge in [-0.25, -0.2) is 4.39 Å². The van der Waals surface area contributed by atoms with Crippen LogP contribution in [-0.2, 0) is 4.74 Å². The third-order valence-electron chi connectivity index (χ3n) is 4.49. The first-order chi connectivity index (χ1) is 10.2. The molecule has 0 spiro atoms. The number of benzene rings is 1. The van der Waals surface area contributed by atoms with Crippen LogP contribution in [0.1, 0.15) is 36.0 Å². The lowest BCUT2D eigenvalue weighted by molar-refractivity contribution is 0.0522. The van der Waals surface area contributed by atoms with Crippen LogP contribution in [-0.4, -0.2) is 43.0 Å². The summed E-state index contributed by atoms with van der Waals surface area (Å²) in [6.07, 6.45) is 4.59. The molecule has 0 amide bonds. The maximum Gasteiger partial charge on any atom is 0.167 e. The van der Waals surface area contributed by atoms with E-state index in [0.717, 1.165) is 51.9 Å². The number of carbonyl (C=O) groups excluding carboxylic acids is 1. The molecule has 1 aromatic carbocycles. The second-order valence-electron chi connectivity index (χ2n) is 6.10. The zero-order chi connectivity index (χ0) is 14.7. The number of hydrogen-bond donors (Lipinski definition) is 0. The number of carbonyl (C=O) groups is 1. The zero-order valence-electron chi connectivity index (χ0n) is 12.3. The molecule has 3 rings (SSSR count). The largest absolute Gasteiger partial charge is 0.377 e. The Balaban J connectivity index is 1.59. The van der Waals surface area contributed by atoms with E-state index in [9.17, 15) is 9.18 Å². The van der Waals surface area contributed by atoms with E-state index in [2.05, 4.69) is 4.90 Å². The van der Waals surface area contributed by atoms with Crippen LogP contribution in [0, 0.1) is 11.7 Å². The Bertz CT molecular complexity index is 482. The van der Waals surface area contributed by atoms with Gasteiger partial charge in [0, 0.05) is 31.2 Å². The first kappa shape index (κ1) is 14.7. The van der Waals surface area contributed by atoms with Gasteiger partial charge in [-0.05, 0) is 56.5 Å². The summed E-state index contributed by atoms with van der Waals surface area (Å²) in [5.74, 6) is -0.118. The molecule has 4 heteroatoms. The number of rotatable bonds is 4. The molecule has 114 valence electrons. The average molecular weight is 291 g/mol. The number of hydrogen-bond acceptors (Lipinski definition) is 3. The van der Waals surface area contributed by atoms with Gasteiger partial charge < -0.3 is 9.64 Å². The van der Waals surface area contributed by atoms with Crippen LogP contribution >= 0.6 is 0 Å². The van der Waals surface area contributed by atoms with Crippen LogP contribution in [0.3, 0.4) is 0 Å². The van der Waals surface area contributed by atoms with E-state index in [-0.39, 0.29) is 17.5 Å². The van der Waals surface area contributed by atoms with Crippen LogP contribution < -0.4 is 0 Å². The Labute approximate surface area is 125 Å². The Morgan fingerprint density at radius 3 is 2.76 bits per heavy atom. The topological polar surface area (TPSA) is 29.5 Å². The monoisotopic (exact) mass is 291 g/mol. The smallest absolute Gasteiger partial charge is 0.167 e.